The van der Waals surface area contributed by atoms with Crippen LogP contribution in [0.4, 0.5) is 21.9 Å². The van der Waals surface area contributed by atoms with Gasteiger partial charge in [0.15, 0.2) is 0 Å². The molecule has 2 amide bonds. The number of carbonyl (C=O) groups is 1. The zero-order chi connectivity index (χ0) is 26.8. The number of piperazine rings is 1. The topological polar surface area (TPSA) is 68.9 Å². The van der Waals surface area contributed by atoms with E-state index < -0.39 is 0 Å². The first kappa shape index (κ1) is 30.6. The van der Waals surface area contributed by atoms with Crippen molar-refractivity contribution in [1.82, 2.24) is 9.88 Å². The number of amides is 2. The summed E-state index contributed by atoms with van der Waals surface area (Å²) < 4.78 is 0. The second-order valence-electron chi connectivity index (χ2n) is 10.5. The van der Waals surface area contributed by atoms with E-state index in [1.165, 1.54) is 16.6 Å². The number of aromatic nitrogens is 1. The second-order valence-corrected chi connectivity index (χ2v) is 10.5. The number of hydrogen-bond donors (Lipinski definition) is 1. The summed E-state index contributed by atoms with van der Waals surface area (Å²) in [6.45, 7) is 8.98. The minimum absolute atomic E-state index is 0. The first-order valence-electron chi connectivity index (χ1n) is 13.9. The van der Waals surface area contributed by atoms with Gasteiger partial charge in [0.25, 0.3) is 0 Å². The molecule has 0 aliphatic carbocycles. The van der Waals surface area contributed by atoms with E-state index in [2.05, 4.69) is 58.3 Å². The van der Waals surface area contributed by atoms with Crippen LogP contribution in [0.3, 0.4) is 0 Å². The molecule has 2 saturated heterocycles. The van der Waals surface area contributed by atoms with E-state index in [0.717, 1.165) is 67.3 Å². The Balaban J connectivity index is 0.00000194. The third kappa shape index (κ3) is 6.60. The van der Waals surface area contributed by atoms with Crippen molar-refractivity contribution in [3.8, 4) is 0 Å². The van der Waals surface area contributed by atoms with Gasteiger partial charge < -0.3 is 10.6 Å². The van der Waals surface area contributed by atoms with Crippen LogP contribution in [-0.2, 0) is 13.0 Å². The van der Waals surface area contributed by atoms with Crippen LogP contribution in [0.25, 0.3) is 10.9 Å². The van der Waals surface area contributed by atoms with Gasteiger partial charge in [0.1, 0.15) is 0 Å². The van der Waals surface area contributed by atoms with Crippen LogP contribution in [0, 0.1) is 6.92 Å². The normalized spacial score (nSPS) is 15.7. The van der Waals surface area contributed by atoms with Crippen molar-refractivity contribution < 1.29 is 4.79 Å². The average Bonchev–Trinajstić information content (AvgIpc) is 3.37. The van der Waals surface area contributed by atoms with Gasteiger partial charge in [-0.15, -0.1) is 24.8 Å². The number of hydrogen-bond acceptors (Lipinski definition) is 5. The summed E-state index contributed by atoms with van der Waals surface area (Å²) >= 11 is 0. The fraction of sp³-hybridized carbons (Fsp3) is 0.312. The number of anilines is 3. The van der Waals surface area contributed by atoms with E-state index >= 15 is 0 Å². The predicted molar refractivity (Wildman–Crippen MR) is 174 cm³/mol. The number of nitrogens with two attached hydrogens (primary N) is 1. The van der Waals surface area contributed by atoms with Crippen molar-refractivity contribution in [2.24, 2.45) is 5.73 Å². The van der Waals surface area contributed by atoms with Crippen LogP contribution in [0.1, 0.15) is 16.8 Å². The Hall–Kier alpha value is -3.36. The number of urea groups is 1. The number of fused-ring (bicyclic) bond motifs is 1. The zero-order valence-corrected chi connectivity index (χ0v) is 25.0. The monoisotopic (exact) mass is 592 g/mol. The van der Waals surface area contributed by atoms with Gasteiger partial charge in [0.2, 0.25) is 0 Å². The number of pyridine rings is 1. The molecular weight excluding hydrogens is 555 g/mol. The molecule has 41 heavy (non-hydrogen) atoms. The molecule has 0 unspecified atom stereocenters. The number of rotatable bonds is 7. The standard InChI is InChI=1S/C32H36N6O.2ClH/c1-24-11-12-29-30(34-24)9-4-10-31(29)36-17-15-35(16-18-36)14-13-25-5-2-7-27(21-25)37-19-20-38(32(37)39)28-8-3-6-26(22-28)23-33;;/h2-12,21-22H,13-20,23,33H2,1H3;2*1H. The summed E-state index contributed by atoms with van der Waals surface area (Å²) in [7, 11) is 0. The Morgan fingerprint density at radius 1 is 0.756 bits per heavy atom. The Morgan fingerprint density at radius 3 is 2.07 bits per heavy atom. The molecule has 1 aromatic heterocycles. The van der Waals surface area contributed by atoms with Gasteiger partial charge >= 0.3 is 6.03 Å². The number of aryl methyl sites for hydroxylation is 1. The van der Waals surface area contributed by atoms with Gasteiger partial charge in [0.05, 0.1) is 5.52 Å². The highest BCUT2D eigenvalue weighted by molar-refractivity contribution is 6.06. The summed E-state index contributed by atoms with van der Waals surface area (Å²) in [5.41, 5.74) is 13.4. The Bertz CT molecular complexity index is 1490. The Morgan fingerprint density at radius 2 is 1.39 bits per heavy atom. The highest BCUT2D eigenvalue weighted by atomic mass is 35.5. The van der Waals surface area contributed by atoms with Gasteiger partial charge in [-0.1, -0.05) is 30.3 Å². The molecule has 0 bridgehead atoms. The lowest BCUT2D eigenvalue weighted by Crippen LogP contribution is -2.47. The number of benzene rings is 3. The van der Waals surface area contributed by atoms with Gasteiger partial charge in [0, 0.05) is 80.5 Å². The van der Waals surface area contributed by atoms with E-state index in [4.69, 9.17) is 10.7 Å². The molecule has 7 nitrogen and oxygen atoms in total. The zero-order valence-electron chi connectivity index (χ0n) is 23.4. The highest BCUT2D eigenvalue weighted by Crippen LogP contribution is 2.28. The van der Waals surface area contributed by atoms with Crippen LogP contribution >= 0.6 is 24.8 Å². The number of carbonyl (C=O) groups excluding carboxylic acids is 1. The van der Waals surface area contributed by atoms with Gasteiger partial charge in [-0.3, -0.25) is 19.7 Å². The molecule has 2 aliphatic rings. The van der Waals surface area contributed by atoms with E-state index in [1.54, 1.807) is 0 Å². The molecule has 2 fully saturated rings. The van der Waals surface area contributed by atoms with Gasteiger partial charge in [-0.2, -0.15) is 0 Å². The lowest BCUT2D eigenvalue weighted by Gasteiger charge is -2.36. The van der Waals surface area contributed by atoms with Crippen molar-refractivity contribution in [3.05, 3.63) is 95.7 Å². The lowest BCUT2D eigenvalue weighted by molar-refractivity contribution is 0.256. The summed E-state index contributed by atoms with van der Waals surface area (Å²) in [6.07, 6.45) is 0.968. The molecule has 0 atom stereocenters. The maximum Gasteiger partial charge on any atom is 0.329 e. The summed E-state index contributed by atoms with van der Waals surface area (Å²) in [6, 6.07) is 27.2. The fourth-order valence-electron chi connectivity index (χ4n) is 5.76. The van der Waals surface area contributed by atoms with Crippen LogP contribution in [0.5, 0.6) is 0 Å². The maximum absolute atomic E-state index is 13.3. The van der Waals surface area contributed by atoms with E-state index in [-0.39, 0.29) is 30.8 Å². The van der Waals surface area contributed by atoms with E-state index in [1.807, 2.05) is 47.1 Å². The second kappa shape index (κ2) is 13.5. The molecule has 0 spiro atoms. The summed E-state index contributed by atoms with van der Waals surface area (Å²) in [5.74, 6) is 0. The molecule has 2 N–H and O–H groups in total. The van der Waals surface area contributed by atoms with Crippen LogP contribution in [0.2, 0.25) is 0 Å². The smallest absolute Gasteiger partial charge is 0.329 e. The third-order valence-electron chi connectivity index (χ3n) is 7.97. The van der Waals surface area contributed by atoms with Gasteiger partial charge in [-0.25, -0.2) is 4.79 Å². The van der Waals surface area contributed by atoms with Crippen molar-refractivity contribution in [2.45, 2.75) is 19.9 Å². The Labute approximate surface area is 254 Å². The van der Waals surface area contributed by atoms with E-state index in [0.29, 0.717) is 19.6 Å². The first-order valence-corrected chi connectivity index (χ1v) is 13.9. The largest absolute Gasteiger partial charge is 0.368 e. The minimum Gasteiger partial charge on any atom is -0.368 e. The van der Waals surface area contributed by atoms with Crippen molar-refractivity contribution in [1.29, 1.82) is 0 Å². The molecule has 2 aliphatic heterocycles. The third-order valence-corrected chi connectivity index (χ3v) is 7.97. The predicted octanol–water partition coefficient (Wildman–Crippen LogP) is 5.66. The van der Waals surface area contributed by atoms with Crippen LogP contribution in [0.15, 0.2) is 78.9 Å². The molecule has 9 heteroatoms. The van der Waals surface area contributed by atoms with Crippen LogP contribution < -0.4 is 20.4 Å². The number of halogens is 2. The Kier molecular flexibility index (Phi) is 10.1. The molecular formula is C32H38Cl2N6O. The summed E-state index contributed by atoms with van der Waals surface area (Å²) in [4.78, 5) is 26.7. The van der Waals surface area contributed by atoms with E-state index in [9.17, 15) is 4.79 Å². The van der Waals surface area contributed by atoms with Gasteiger partial charge in [-0.05, 0) is 73.0 Å². The average molecular weight is 594 g/mol. The van der Waals surface area contributed by atoms with Crippen molar-refractivity contribution >= 4 is 58.8 Å². The first-order chi connectivity index (χ1) is 19.1. The molecule has 6 rings (SSSR count). The molecule has 4 aromatic rings. The fourth-order valence-corrected chi connectivity index (χ4v) is 5.76. The quantitative estimate of drug-likeness (QED) is 0.300. The highest BCUT2D eigenvalue weighted by Gasteiger charge is 2.31. The SMILES string of the molecule is Cc1ccc2c(N3CCN(CCc4cccc(N5CCN(c6cccc(CN)c6)C5=O)c4)CC3)cccc2n1.Cl.Cl. The van der Waals surface area contributed by atoms with Crippen molar-refractivity contribution in [2.75, 3.05) is 60.5 Å². The molecule has 0 radical (unpaired) electrons. The molecule has 216 valence electrons. The molecule has 3 heterocycles. The number of nitrogens with zero attached hydrogens (tertiary/aromatic N) is 5. The molecule has 0 saturated carbocycles. The van der Waals surface area contributed by atoms with Crippen LogP contribution in [-0.4, -0.2) is 61.7 Å². The molecule has 3 aromatic carbocycles. The maximum atomic E-state index is 13.3. The lowest BCUT2D eigenvalue weighted by atomic mass is 10.1. The summed E-state index contributed by atoms with van der Waals surface area (Å²) in [5, 5.41) is 1.23. The minimum atomic E-state index is 0. The van der Waals surface area contributed by atoms with Crippen molar-refractivity contribution in [3.63, 3.8) is 0 Å².